The normalized spacial score (nSPS) is 18.8. The van der Waals surface area contributed by atoms with Gasteiger partial charge in [0.1, 0.15) is 11.6 Å². The molecule has 0 amide bonds. The lowest BCUT2D eigenvalue weighted by Crippen LogP contribution is -2.36. The van der Waals surface area contributed by atoms with Gasteiger partial charge in [-0.05, 0) is 92.4 Å². The zero-order chi connectivity index (χ0) is 23.8. The van der Waals surface area contributed by atoms with Crippen LogP contribution in [0.1, 0.15) is 74.8 Å². The molecule has 3 atom stereocenters. The van der Waals surface area contributed by atoms with Crippen molar-refractivity contribution in [3.8, 4) is 0 Å². The van der Waals surface area contributed by atoms with Gasteiger partial charge in [0.2, 0.25) is 0 Å². The van der Waals surface area contributed by atoms with Crippen molar-refractivity contribution in [2.24, 2.45) is 5.92 Å². The van der Waals surface area contributed by atoms with Crippen molar-refractivity contribution in [1.82, 2.24) is 4.90 Å². The first-order valence-electron chi connectivity index (χ1n) is 12.4. The van der Waals surface area contributed by atoms with Crippen LogP contribution in [0.4, 0.5) is 8.78 Å². The van der Waals surface area contributed by atoms with E-state index in [4.69, 9.17) is 4.74 Å². The third-order valence-corrected chi connectivity index (χ3v) is 6.63. The molecule has 180 valence electrons. The van der Waals surface area contributed by atoms with E-state index in [1.54, 1.807) is 19.1 Å². The first kappa shape index (κ1) is 25.6. The van der Waals surface area contributed by atoms with Crippen molar-refractivity contribution in [3.05, 3.63) is 76.4 Å². The summed E-state index contributed by atoms with van der Waals surface area (Å²) in [5.74, 6) is 0.0253. The molecule has 0 saturated carbocycles. The van der Waals surface area contributed by atoms with E-state index in [0.717, 1.165) is 55.5 Å². The van der Waals surface area contributed by atoms with Crippen molar-refractivity contribution in [2.45, 2.75) is 71.9 Å². The molecule has 4 heteroatoms. The summed E-state index contributed by atoms with van der Waals surface area (Å²) >= 11 is 0. The van der Waals surface area contributed by atoms with Gasteiger partial charge in [0.15, 0.2) is 0 Å². The third kappa shape index (κ3) is 7.22. The highest BCUT2D eigenvalue weighted by Crippen LogP contribution is 2.29. The van der Waals surface area contributed by atoms with Crippen molar-refractivity contribution < 1.29 is 13.5 Å². The number of allylic oxidation sites excluding steroid dienone is 1. The number of halogens is 2. The second-order valence-corrected chi connectivity index (χ2v) is 9.57. The van der Waals surface area contributed by atoms with E-state index in [-0.39, 0.29) is 17.7 Å². The van der Waals surface area contributed by atoms with Gasteiger partial charge in [0.05, 0.1) is 12.7 Å². The summed E-state index contributed by atoms with van der Waals surface area (Å²) in [4.78, 5) is 2.54. The van der Waals surface area contributed by atoms with Crippen LogP contribution in [0.5, 0.6) is 0 Å². The van der Waals surface area contributed by atoms with Crippen LogP contribution >= 0.6 is 0 Å². The van der Waals surface area contributed by atoms with Gasteiger partial charge < -0.3 is 4.74 Å². The predicted molar refractivity (Wildman–Crippen MR) is 133 cm³/mol. The Balaban J connectivity index is 1.60. The number of aryl methyl sites for hydroxylation is 1. The third-order valence-electron chi connectivity index (χ3n) is 6.63. The molecule has 33 heavy (non-hydrogen) atoms. The van der Waals surface area contributed by atoms with Gasteiger partial charge in [-0.1, -0.05) is 50.6 Å². The van der Waals surface area contributed by atoms with E-state index in [1.165, 1.54) is 12.5 Å². The van der Waals surface area contributed by atoms with Crippen LogP contribution in [0.15, 0.2) is 42.5 Å². The summed E-state index contributed by atoms with van der Waals surface area (Å²) in [6.45, 7) is 10.8. The lowest BCUT2D eigenvalue weighted by molar-refractivity contribution is 0.0169. The van der Waals surface area contributed by atoms with E-state index >= 15 is 0 Å². The van der Waals surface area contributed by atoms with Gasteiger partial charge in [-0.25, -0.2) is 8.78 Å². The topological polar surface area (TPSA) is 12.5 Å². The molecule has 2 nitrogen and oxygen atoms in total. The zero-order valence-electron chi connectivity index (χ0n) is 20.6. The first-order chi connectivity index (χ1) is 15.9. The Bertz CT molecular complexity index is 926. The summed E-state index contributed by atoms with van der Waals surface area (Å²) in [7, 11) is 0. The van der Waals surface area contributed by atoms with Gasteiger partial charge in [-0.3, -0.25) is 4.90 Å². The van der Waals surface area contributed by atoms with Crippen LogP contribution < -0.4 is 0 Å². The number of nitrogens with zero attached hydrogens (tertiary/aromatic N) is 1. The van der Waals surface area contributed by atoms with Crippen molar-refractivity contribution >= 4 is 6.08 Å². The maximum atomic E-state index is 14.0. The summed E-state index contributed by atoms with van der Waals surface area (Å²) in [5, 5.41) is 0. The molecule has 0 unspecified atom stereocenters. The number of likely N-dealkylation sites (tertiary alicyclic amines) is 1. The van der Waals surface area contributed by atoms with E-state index < -0.39 is 0 Å². The second-order valence-electron chi connectivity index (χ2n) is 9.57. The van der Waals surface area contributed by atoms with Crippen molar-refractivity contribution in [2.75, 3.05) is 19.7 Å². The molecule has 1 aliphatic heterocycles. The molecule has 0 spiro atoms. The standard InChI is InChI=1S/C29H39F2NO/c1-5-8-24-13-14-25(30)18-27(24)29(9-6-2)33-20-21(3)19-32-15-7-10-26(32)16-23-12-11-22(4)28(31)17-23/h5,8,11-14,17-18,21,26,29H,6-7,9-10,15-16,19-20H2,1-4H3/b8-5+/t21-,26+,29-/m1/s1. The Kier molecular flexibility index (Phi) is 9.64. The summed E-state index contributed by atoms with van der Waals surface area (Å²) in [6.07, 6.45) is 8.96. The number of ether oxygens (including phenoxy) is 1. The van der Waals surface area contributed by atoms with Gasteiger partial charge in [0.25, 0.3) is 0 Å². The summed E-state index contributed by atoms with van der Waals surface area (Å²) in [6, 6.07) is 11.0. The van der Waals surface area contributed by atoms with E-state index in [9.17, 15) is 8.78 Å². The predicted octanol–water partition coefficient (Wildman–Crippen LogP) is 7.51. The molecule has 0 N–H and O–H groups in total. The van der Waals surface area contributed by atoms with Crippen molar-refractivity contribution in [1.29, 1.82) is 0 Å². The van der Waals surface area contributed by atoms with Crippen LogP contribution in [0.3, 0.4) is 0 Å². The average molecular weight is 456 g/mol. The Morgan fingerprint density at radius 3 is 2.73 bits per heavy atom. The van der Waals surface area contributed by atoms with E-state index in [1.807, 2.05) is 31.2 Å². The molecular formula is C29H39F2NO. The largest absolute Gasteiger partial charge is 0.373 e. The minimum absolute atomic E-state index is 0.107. The molecule has 0 aliphatic carbocycles. The maximum absolute atomic E-state index is 14.0. The fraction of sp³-hybridized carbons (Fsp3) is 0.517. The number of rotatable bonds is 11. The summed E-state index contributed by atoms with van der Waals surface area (Å²) in [5.41, 5.74) is 3.73. The van der Waals surface area contributed by atoms with Crippen LogP contribution in [0.25, 0.3) is 6.08 Å². The minimum atomic E-state index is -0.219. The minimum Gasteiger partial charge on any atom is -0.373 e. The number of benzene rings is 2. The molecule has 2 aromatic rings. The zero-order valence-corrected chi connectivity index (χ0v) is 20.6. The number of hydrogen-bond donors (Lipinski definition) is 0. The fourth-order valence-electron chi connectivity index (χ4n) is 4.88. The average Bonchev–Trinajstić information content (AvgIpc) is 3.21. The Hall–Kier alpha value is -2.04. The van der Waals surface area contributed by atoms with Crippen LogP contribution in [0.2, 0.25) is 0 Å². The highest BCUT2D eigenvalue weighted by molar-refractivity contribution is 5.54. The van der Waals surface area contributed by atoms with Crippen molar-refractivity contribution in [3.63, 3.8) is 0 Å². The molecule has 1 heterocycles. The molecule has 3 rings (SSSR count). The van der Waals surface area contributed by atoms with Gasteiger partial charge in [-0.2, -0.15) is 0 Å². The molecule has 0 radical (unpaired) electrons. The molecule has 2 aromatic carbocycles. The lowest BCUT2D eigenvalue weighted by atomic mass is 9.98. The SMILES string of the molecule is C/C=C/c1ccc(F)cc1[C@@H](CCC)OC[C@H](C)CN1CCC[C@H]1Cc1ccc(C)c(F)c1. The number of hydrogen-bond acceptors (Lipinski definition) is 2. The smallest absolute Gasteiger partial charge is 0.126 e. The monoisotopic (exact) mass is 455 g/mol. The quantitative estimate of drug-likeness (QED) is 0.348. The van der Waals surface area contributed by atoms with Gasteiger partial charge in [-0.15, -0.1) is 0 Å². The van der Waals surface area contributed by atoms with E-state index in [2.05, 4.69) is 24.8 Å². The molecule has 1 saturated heterocycles. The Labute approximate surface area is 198 Å². The molecule has 1 fully saturated rings. The molecule has 1 aliphatic rings. The fourth-order valence-corrected chi connectivity index (χ4v) is 4.88. The maximum Gasteiger partial charge on any atom is 0.126 e. The first-order valence-corrected chi connectivity index (χ1v) is 12.4. The van der Waals surface area contributed by atoms with Crippen LogP contribution in [-0.4, -0.2) is 30.6 Å². The highest BCUT2D eigenvalue weighted by atomic mass is 19.1. The molecule has 0 bridgehead atoms. The summed E-state index contributed by atoms with van der Waals surface area (Å²) < 4.78 is 34.4. The van der Waals surface area contributed by atoms with E-state index in [0.29, 0.717) is 24.1 Å². The highest BCUT2D eigenvalue weighted by Gasteiger charge is 2.26. The Morgan fingerprint density at radius 2 is 2.00 bits per heavy atom. The van der Waals surface area contributed by atoms with Gasteiger partial charge >= 0.3 is 0 Å². The molecule has 0 aromatic heterocycles. The Morgan fingerprint density at radius 1 is 1.18 bits per heavy atom. The second kappa shape index (κ2) is 12.4. The van der Waals surface area contributed by atoms with Gasteiger partial charge in [0, 0.05) is 12.6 Å². The van der Waals surface area contributed by atoms with Crippen LogP contribution in [0, 0.1) is 24.5 Å². The molecular weight excluding hydrogens is 416 g/mol. The lowest BCUT2D eigenvalue weighted by Gasteiger charge is -2.29. The van der Waals surface area contributed by atoms with Crippen LogP contribution in [-0.2, 0) is 11.2 Å².